The first-order valence-corrected chi connectivity index (χ1v) is 10.2. The Bertz CT molecular complexity index is 807. The van der Waals surface area contributed by atoms with Gasteiger partial charge in [-0.3, -0.25) is 4.79 Å². The van der Waals surface area contributed by atoms with Gasteiger partial charge in [0.15, 0.2) is 5.96 Å². The van der Waals surface area contributed by atoms with Gasteiger partial charge in [-0.25, -0.2) is 4.99 Å². The molecule has 1 amide bonds. The Morgan fingerprint density at radius 2 is 2.00 bits per heavy atom. The normalized spacial score (nSPS) is 11.4. The zero-order valence-corrected chi connectivity index (χ0v) is 20.8. The van der Waals surface area contributed by atoms with Gasteiger partial charge in [0.25, 0.3) is 0 Å². The lowest BCUT2D eigenvalue weighted by molar-refractivity contribution is -0.114. The lowest BCUT2D eigenvalue weighted by Crippen LogP contribution is -2.43. The van der Waals surface area contributed by atoms with Crippen LogP contribution >= 0.6 is 35.3 Å². The molecule has 29 heavy (non-hydrogen) atoms. The first-order chi connectivity index (χ1) is 13.4. The maximum absolute atomic E-state index is 11.4. The number of nitrogens with zero attached hydrogens (tertiary/aromatic N) is 1. The number of carbonyl (C=O) groups is 1. The molecule has 0 spiro atoms. The minimum atomic E-state index is -0.134. The van der Waals surface area contributed by atoms with Crippen molar-refractivity contribution in [3.8, 4) is 5.75 Å². The number of hydrogen-bond donors (Lipinski definition) is 3. The van der Waals surface area contributed by atoms with Crippen LogP contribution in [0.5, 0.6) is 5.75 Å². The number of nitrogens with one attached hydrogen (secondary N) is 3. The first kappa shape index (κ1) is 25.2. The largest absolute Gasteiger partial charge is 0.495 e. The van der Waals surface area contributed by atoms with Gasteiger partial charge in [0.1, 0.15) is 5.75 Å². The van der Waals surface area contributed by atoms with Gasteiger partial charge in [-0.05, 0) is 36.1 Å². The van der Waals surface area contributed by atoms with E-state index < -0.39 is 0 Å². The summed E-state index contributed by atoms with van der Waals surface area (Å²) in [5.41, 5.74) is 1.65. The van der Waals surface area contributed by atoms with Crippen LogP contribution in [0.1, 0.15) is 38.1 Å². The predicted octanol–water partition coefficient (Wildman–Crippen LogP) is 4.37. The molecule has 0 unspecified atom stereocenters. The zero-order chi connectivity index (χ0) is 20.6. The second-order valence-corrected chi connectivity index (χ2v) is 8.07. The van der Waals surface area contributed by atoms with Gasteiger partial charge in [0.2, 0.25) is 5.91 Å². The maximum Gasteiger partial charge on any atom is 0.221 e. The number of halogens is 1. The van der Waals surface area contributed by atoms with Crippen LogP contribution in [-0.4, -0.2) is 32.1 Å². The molecule has 0 bridgehead atoms. The minimum Gasteiger partial charge on any atom is -0.495 e. The molecule has 0 aliphatic rings. The van der Waals surface area contributed by atoms with Gasteiger partial charge in [-0.1, -0.05) is 26.0 Å². The third-order valence-electron chi connectivity index (χ3n) is 4.22. The van der Waals surface area contributed by atoms with E-state index in [1.807, 2.05) is 25.1 Å². The van der Waals surface area contributed by atoms with Gasteiger partial charge in [0.05, 0.1) is 19.3 Å². The summed E-state index contributed by atoms with van der Waals surface area (Å²) in [4.78, 5) is 17.4. The summed E-state index contributed by atoms with van der Waals surface area (Å²) in [5, 5.41) is 11.6. The van der Waals surface area contributed by atoms with Crippen molar-refractivity contribution in [1.82, 2.24) is 10.6 Å². The van der Waals surface area contributed by atoms with Crippen LogP contribution in [0.3, 0.4) is 0 Å². The molecule has 3 N–H and O–H groups in total. The highest BCUT2D eigenvalue weighted by atomic mass is 127. The quantitative estimate of drug-likeness (QED) is 0.269. The van der Waals surface area contributed by atoms with Crippen LogP contribution in [0.2, 0.25) is 0 Å². The Morgan fingerprint density at radius 1 is 1.24 bits per heavy atom. The van der Waals surface area contributed by atoms with Crippen LogP contribution in [0.25, 0.3) is 0 Å². The molecule has 8 heteroatoms. The van der Waals surface area contributed by atoms with Crippen molar-refractivity contribution in [2.75, 3.05) is 25.5 Å². The smallest absolute Gasteiger partial charge is 0.221 e. The molecular formula is C21H31IN4O2S. The molecule has 1 aromatic carbocycles. The van der Waals surface area contributed by atoms with Gasteiger partial charge >= 0.3 is 0 Å². The lowest BCUT2D eigenvalue weighted by atomic mass is 9.91. The van der Waals surface area contributed by atoms with Crippen LogP contribution in [-0.2, 0) is 16.8 Å². The highest BCUT2D eigenvalue weighted by molar-refractivity contribution is 14.0. The van der Waals surface area contributed by atoms with Crippen molar-refractivity contribution in [2.24, 2.45) is 4.99 Å². The Hall–Kier alpha value is -1.81. The third-order valence-corrected chi connectivity index (χ3v) is 5.46. The van der Waals surface area contributed by atoms with Crippen LogP contribution < -0.4 is 20.7 Å². The van der Waals surface area contributed by atoms with E-state index in [1.165, 1.54) is 11.8 Å². The Morgan fingerprint density at radius 3 is 2.59 bits per heavy atom. The highest BCUT2D eigenvalue weighted by Crippen LogP contribution is 2.27. The van der Waals surface area contributed by atoms with E-state index in [1.54, 1.807) is 18.4 Å². The molecule has 160 valence electrons. The van der Waals surface area contributed by atoms with Crippen molar-refractivity contribution in [3.63, 3.8) is 0 Å². The van der Waals surface area contributed by atoms with E-state index in [0.29, 0.717) is 18.0 Å². The van der Waals surface area contributed by atoms with E-state index in [0.717, 1.165) is 24.6 Å². The molecule has 0 saturated carbocycles. The van der Waals surface area contributed by atoms with Crippen molar-refractivity contribution in [1.29, 1.82) is 0 Å². The zero-order valence-electron chi connectivity index (χ0n) is 17.7. The number of guanidine groups is 1. The second kappa shape index (κ2) is 12.0. The van der Waals surface area contributed by atoms with E-state index >= 15 is 0 Å². The van der Waals surface area contributed by atoms with Gasteiger partial charge in [0, 0.05) is 30.3 Å². The maximum atomic E-state index is 11.4. The Balaban J connectivity index is 0.00000420. The fourth-order valence-corrected chi connectivity index (χ4v) is 3.56. The van der Waals surface area contributed by atoms with Gasteiger partial charge in [-0.2, -0.15) is 0 Å². The predicted molar refractivity (Wildman–Crippen MR) is 133 cm³/mol. The third kappa shape index (κ3) is 7.85. The van der Waals surface area contributed by atoms with Crippen molar-refractivity contribution in [3.05, 3.63) is 46.2 Å². The Labute approximate surface area is 194 Å². The fraction of sp³-hybridized carbons (Fsp3) is 0.429. The number of aliphatic imine (C=N–C) groups is 1. The van der Waals surface area contributed by atoms with Crippen molar-refractivity contribution >= 4 is 52.9 Å². The number of rotatable bonds is 8. The van der Waals surface area contributed by atoms with Gasteiger partial charge < -0.3 is 20.7 Å². The number of methoxy groups -OCH3 is 1. The van der Waals surface area contributed by atoms with Crippen molar-refractivity contribution < 1.29 is 9.53 Å². The SMILES string of the molecule is CCNC(=NCc1ccc(OC)c(NC(C)=O)c1)NCC(C)(C)c1cccs1.I. The molecule has 2 aromatic rings. The number of carbonyl (C=O) groups excluding carboxylic acids is 1. The van der Waals surface area contributed by atoms with Gasteiger partial charge in [-0.15, -0.1) is 35.3 Å². The molecular weight excluding hydrogens is 499 g/mol. The average Bonchev–Trinajstić information content (AvgIpc) is 3.19. The number of ether oxygens (including phenoxy) is 1. The molecule has 0 saturated heterocycles. The van der Waals surface area contributed by atoms with Crippen LogP contribution in [0.15, 0.2) is 40.7 Å². The summed E-state index contributed by atoms with van der Waals surface area (Å²) in [6.07, 6.45) is 0. The molecule has 0 atom stereocenters. The van der Waals surface area contributed by atoms with E-state index in [4.69, 9.17) is 4.74 Å². The lowest BCUT2D eigenvalue weighted by Gasteiger charge is -2.25. The molecule has 6 nitrogen and oxygen atoms in total. The number of benzene rings is 1. The summed E-state index contributed by atoms with van der Waals surface area (Å²) in [5.74, 6) is 1.26. The summed E-state index contributed by atoms with van der Waals surface area (Å²) in [6.45, 7) is 10.0. The fourth-order valence-electron chi connectivity index (χ4n) is 2.71. The number of anilines is 1. The first-order valence-electron chi connectivity index (χ1n) is 9.36. The molecule has 0 aliphatic heterocycles. The minimum absolute atomic E-state index is 0. The molecule has 2 rings (SSSR count). The molecule has 0 fully saturated rings. The molecule has 0 aliphatic carbocycles. The standard InChI is InChI=1S/C21H30N4O2S.HI/c1-6-22-20(24-14-21(3,4)19-8-7-11-28-19)23-13-16-9-10-18(27-5)17(12-16)25-15(2)26;/h7-12H,6,13-14H2,1-5H3,(H,25,26)(H2,22,23,24);1H. The topological polar surface area (TPSA) is 74.8 Å². The number of amides is 1. The van der Waals surface area contributed by atoms with Crippen LogP contribution in [0.4, 0.5) is 5.69 Å². The molecule has 1 heterocycles. The Kier molecular flexibility index (Phi) is 10.5. The van der Waals surface area contributed by atoms with Crippen molar-refractivity contribution in [2.45, 2.75) is 39.7 Å². The summed E-state index contributed by atoms with van der Waals surface area (Å²) >= 11 is 1.77. The molecule has 0 radical (unpaired) electrons. The van der Waals surface area contributed by atoms with E-state index in [9.17, 15) is 4.79 Å². The summed E-state index contributed by atoms with van der Waals surface area (Å²) in [6, 6.07) is 9.93. The average molecular weight is 530 g/mol. The highest BCUT2D eigenvalue weighted by Gasteiger charge is 2.21. The monoisotopic (exact) mass is 530 g/mol. The summed E-state index contributed by atoms with van der Waals surface area (Å²) < 4.78 is 5.30. The molecule has 1 aromatic heterocycles. The second-order valence-electron chi connectivity index (χ2n) is 7.13. The van der Waals surface area contributed by atoms with Crippen LogP contribution in [0, 0.1) is 0 Å². The summed E-state index contributed by atoms with van der Waals surface area (Å²) in [7, 11) is 1.58. The number of hydrogen-bond acceptors (Lipinski definition) is 4. The van der Waals surface area contributed by atoms with E-state index in [2.05, 4.69) is 52.3 Å². The van der Waals surface area contributed by atoms with E-state index in [-0.39, 0.29) is 35.3 Å². The number of thiophene rings is 1.